The number of rotatable bonds is 5. The van der Waals surface area contributed by atoms with Gasteiger partial charge in [-0.1, -0.05) is 27.9 Å². The number of hydrogen-bond acceptors (Lipinski definition) is 6. The number of aldehydes is 1. The van der Waals surface area contributed by atoms with Gasteiger partial charge in [0.15, 0.2) is 16.9 Å². The topological polar surface area (TPSA) is 116 Å². The molecular weight excluding hydrogens is 468 g/mol. The average Bonchev–Trinajstić information content (AvgIpc) is 2.76. The van der Waals surface area contributed by atoms with Gasteiger partial charge in [0.2, 0.25) is 5.69 Å². The molecule has 1 aromatic carbocycles. The van der Waals surface area contributed by atoms with Crippen molar-refractivity contribution in [3.63, 3.8) is 0 Å². The molecule has 3 N–H and O–H groups in total. The van der Waals surface area contributed by atoms with Gasteiger partial charge in [0.25, 0.3) is 15.9 Å². The summed E-state index contributed by atoms with van der Waals surface area (Å²) in [6, 6.07) is 0.979. The molecular formula is C13H12Cl2F3N4O4S2+. The second-order valence-electron chi connectivity index (χ2n) is 5.60. The fourth-order valence-corrected chi connectivity index (χ4v) is 4.80. The van der Waals surface area contributed by atoms with E-state index in [-0.39, 0.29) is 11.2 Å². The van der Waals surface area contributed by atoms with Crippen LogP contribution in [0.4, 0.5) is 18.9 Å². The summed E-state index contributed by atoms with van der Waals surface area (Å²) < 4.78 is 73.3. The van der Waals surface area contributed by atoms with Crippen LogP contribution in [-0.2, 0) is 31.8 Å². The first-order valence-electron chi connectivity index (χ1n) is 6.99. The number of quaternary nitrogens is 1. The first-order chi connectivity index (χ1) is 12.6. The number of carbonyl (C=O) groups is 1. The van der Waals surface area contributed by atoms with Crippen molar-refractivity contribution in [1.82, 2.24) is 15.0 Å². The van der Waals surface area contributed by atoms with E-state index in [1.54, 1.807) is 0 Å². The van der Waals surface area contributed by atoms with Crippen molar-refractivity contribution in [2.75, 3.05) is 12.5 Å². The minimum absolute atomic E-state index is 0.182. The first-order valence-corrected chi connectivity index (χ1v) is 11.2. The van der Waals surface area contributed by atoms with E-state index in [1.165, 1.54) is 0 Å². The number of benzene rings is 1. The third-order valence-electron chi connectivity index (χ3n) is 3.47. The van der Waals surface area contributed by atoms with E-state index in [4.69, 9.17) is 28.6 Å². The van der Waals surface area contributed by atoms with E-state index in [0.29, 0.717) is 18.4 Å². The van der Waals surface area contributed by atoms with Crippen LogP contribution in [0.25, 0.3) is 0 Å². The van der Waals surface area contributed by atoms with Crippen molar-refractivity contribution in [2.45, 2.75) is 6.18 Å². The normalized spacial score (nSPS) is 21.6. The van der Waals surface area contributed by atoms with Crippen LogP contribution < -0.4 is 15.0 Å². The summed E-state index contributed by atoms with van der Waals surface area (Å²) >= 11 is 11.9. The minimum Gasteiger partial charge on any atom is -0.296 e. The lowest BCUT2D eigenvalue weighted by atomic mass is 10.2. The summed E-state index contributed by atoms with van der Waals surface area (Å²) in [6.07, 6.45) is -2.78. The standard InChI is InChI=1S/C13H12Cl2F3N4O4S2/c1-27(24)11-9(5-23)20-22(12(11)19,21-28(2,25)26)10-7(14)3-6(4-8(10)15)13(16,17)18/h3-5,19-21H,1-2H3/q+1. The molecule has 8 nitrogen and oxygen atoms in total. The second-order valence-corrected chi connectivity index (χ2v) is 9.45. The molecule has 0 spiro atoms. The average molecular weight is 480 g/mol. The molecule has 0 radical (unpaired) electrons. The Labute approximate surface area is 169 Å². The number of sulfonamides is 1. The predicted molar refractivity (Wildman–Crippen MR) is 99.3 cm³/mol. The van der Waals surface area contributed by atoms with Crippen molar-refractivity contribution in [2.24, 2.45) is 0 Å². The molecule has 1 aliphatic heterocycles. The second kappa shape index (κ2) is 7.39. The monoisotopic (exact) mass is 479 g/mol. The maximum Gasteiger partial charge on any atom is 0.416 e. The van der Waals surface area contributed by atoms with Crippen LogP contribution in [0, 0.1) is 5.41 Å². The quantitative estimate of drug-likeness (QED) is 0.441. The maximum atomic E-state index is 13.0. The molecule has 2 rings (SSSR count). The van der Waals surface area contributed by atoms with Crippen LogP contribution in [0.15, 0.2) is 22.7 Å². The lowest BCUT2D eigenvalue weighted by Gasteiger charge is -2.31. The fraction of sp³-hybridized carbons (Fsp3) is 0.231. The van der Waals surface area contributed by atoms with Crippen LogP contribution in [0.3, 0.4) is 0 Å². The largest absolute Gasteiger partial charge is 0.416 e. The van der Waals surface area contributed by atoms with Gasteiger partial charge in [-0.25, -0.2) is 13.8 Å². The third-order valence-corrected chi connectivity index (χ3v) is 5.64. The number of hydrogen-bond donors (Lipinski definition) is 3. The lowest BCUT2D eigenvalue weighted by Crippen LogP contribution is -2.69. The molecule has 1 heterocycles. The highest BCUT2D eigenvalue weighted by Crippen LogP contribution is 2.44. The molecule has 154 valence electrons. The van der Waals surface area contributed by atoms with E-state index in [0.717, 1.165) is 6.26 Å². The zero-order chi connectivity index (χ0) is 21.7. The summed E-state index contributed by atoms with van der Waals surface area (Å²) in [7, 11) is -6.10. The fourth-order valence-electron chi connectivity index (χ4n) is 2.52. The van der Waals surface area contributed by atoms with Gasteiger partial charge in [0.05, 0.1) is 22.6 Å². The Balaban J connectivity index is 2.84. The van der Waals surface area contributed by atoms with Gasteiger partial charge in [-0.15, -0.1) is 0 Å². The number of halogens is 5. The molecule has 0 aliphatic carbocycles. The molecule has 0 aromatic heterocycles. The number of carbonyl (C=O) groups excluding carboxylic acids is 1. The summed E-state index contributed by atoms with van der Waals surface area (Å²) in [5.74, 6) is -0.753. The maximum absolute atomic E-state index is 13.0. The van der Waals surface area contributed by atoms with E-state index in [2.05, 4.69) is 5.43 Å². The van der Waals surface area contributed by atoms with Crippen LogP contribution in [0.5, 0.6) is 0 Å². The Bertz CT molecular complexity index is 1020. The molecule has 0 saturated heterocycles. The Hall–Kier alpha value is -1.51. The summed E-state index contributed by atoms with van der Waals surface area (Å²) in [6.45, 7) is 0. The van der Waals surface area contributed by atoms with Gasteiger partial charge < -0.3 is 0 Å². The van der Waals surface area contributed by atoms with Crippen LogP contribution in [0.2, 0.25) is 10.0 Å². The molecule has 0 saturated carbocycles. The summed E-state index contributed by atoms with van der Waals surface area (Å²) in [5.41, 5.74) is 0.198. The summed E-state index contributed by atoms with van der Waals surface area (Å²) in [4.78, 5) is 13.0. The Kier molecular flexibility index (Phi) is 6.01. The van der Waals surface area contributed by atoms with Crippen LogP contribution >= 0.6 is 23.2 Å². The van der Waals surface area contributed by atoms with Gasteiger partial charge in [0, 0.05) is 6.26 Å². The van der Waals surface area contributed by atoms with Crippen molar-refractivity contribution < 1.29 is 30.6 Å². The molecule has 1 aliphatic rings. The van der Waals surface area contributed by atoms with E-state index in [1.807, 2.05) is 4.83 Å². The number of amidine groups is 1. The first kappa shape index (κ1) is 22.8. The van der Waals surface area contributed by atoms with Gasteiger partial charge in [-0.2, -0.15) is 18.6 Å². The van der Waals surface area contributed by atoms with Crippen LogP contribution in [-0.4, -0.2) is 37.3 Å². The van der Waals surface area contributed by atoms with E-state index in [9.17, 15) is 30.6 Å². The van der Waals surface area contributed by atoms with Crippen molar-refractivity contribution in [3.8, 4) is 0 Å². The van der Waals surface area contributed by atoms with Gasteiger partial charge in [0.1, 0.15) is 10.0 Å². The minimum atomic E-state index is -4.80. The molecule has 0 fully saturated rings. The van der Waals surface area contributed by atoms with Gasteiger partial charge in [-0.05, 0) is 17.0 Å². The Morgan fingerprint density at radius 1 is 1.29 bits per heavy atom. The smallest absolute Gasteiger partial charge is 0.296 e. The highest BCUT2D eigenvalue weighted by atomic mass is 35.5. The molecule has 2 atom stereocenters. The number of allylic oxidation sites excluding steroid dienone is 1. The predicted octanol–water partition coefficient (Wildman–Crippen LogP) is 2.07. The highest BCUT2D eigenvalue weighted by molar-refractivity contribution is 7.89. The van der Waals surface area contributed by atoms with Crippen molar-refractivity contribution in [3.05, 3.63) is 38.3 Å². The molecule has 1 aromatic rings. The molecule has 0 amide bonds. The van der Waals surface area contributed by atoms with Crippen molar-refractivity contribution in [1.29, 1.82) is 5.41 Å². The van der Waals surface area contributed by atoms with Crippen molar-refractivity contribution >= 4 is 61.8 Å². The zero-order valence-corrected chi connectivity index (χ0v) is 17.2. The van der Waals surface area contributed by atoms with Gasteiger partial charge >= 0.3 is 6.18 Å². The van der Waals surface area contributed by atoms with E-state index >= 15 is 0 Å². The van der Waals surface area contributed by atoms with Crippen LogP contribution in [0.1, 0.15) is 5.56 Å². The third kappa shape index (κ3) is 4.09. The summed E-state index contributed by atoms with van der Waals surface area (Å²) in [5, 5.41) is 6.99. The lowest BCUT2D eigenvalue weighted by molar-refractivity contribution is -0.137. The Morgan fingerprint density at radius 2 is 1.79 bits per heavy atom. The number of nitrogens with zero attached hydrogens (tertiary/aromatic N) is 1. The van der Waals surface area contributed by atoms with Gasteiger partial charge in [-0.3, -0.25) is 9.00 Å². The molecule has 15 heteroatoms. The Morgan fingerprint density at radius 3 is 2.11 bits per heavy atom. The molecule has 2 unspecified atom stereocenters. The van der Waals surface area contributed by atoms with E-state index < -0.39 is 64.5 Å². The SMILES string of the molecule is CS(=O)C1=C(C=O)N[N+](NS(C)(=O)=O)(c2c(Cl)cc(C(F)(F)F)cc2Cl)C1=N. The molecule has 28 heavy (non-hydrogen) atoms. The number of alkyl halides is 3. The molecule has 0 bridgehead atoms. The number of nitrogens with one attached hydrogen (secondary N) is 3. The highest BCUT2D eigenvalue weighted by Gasteiger charge is 2.54. The zero-order valence-electron chi connectivity index (χ0n) is 14.0.